The van der Waals surface area contributed by atoms with Gasteiger partial charge in [0.25, 0.3) is 0 Å². The second-order valence-corrected chi connectivity index (χ2v) is 4.33. The summed E-state index contributed by atoms with van der Waals surface area (Å²) in [5, 5.41) is 0. The average molecular weight is 273 g/mol. The summed E-state index contributed by atoms with van der Waals surface area (Å²) in [4.78, 5) is 4.13. The van der Waals surface area contributed by atoms with Gasteiger partial charge in [0.05, 0.1) is 26.0 Å². The summed E-state index contributed by atoms with van der Waals surface area (Å²) in [6.45, 7) is 0.566. The highest BCUT2D eigenvalue weighted by atomic mass is 16.5. The molecule has 1 aromatic carbocycles. The fraction of sp³-hybridized carbons (Fsp3) is 0.267. The predicted octanol–water partition coefficient (Wildman–Crippen LogP) is 2.06. The average Bonchev–Trinajstić information content (AvgIpc) is 2.52. The van der Waals surface area contributed by atoms with Gasteiger partial charge in [-0.25, -0.2) is 0 Å². The van der Waals surface area contributed by atoms with Gasteiger partial charge >= 0.3 is 0 Å². The molecular formula is C15H19N3O2. The maximum absolute atomic E-state index is 5.67. The van der Waals surface area contributed by atoms with Crippen LogP contribution in [0.15, 0.2) is 48.8 Å². The summed E-state index contributed by atoms with van der Waals surface area (Å²) >= 11 is 0. The van der Waals surface area contributed by atoms with E-state index in [4.69, 9.17) is 15.3 Å². The Hall–Kier alpha value is -2.11. The summed E-state index contributed by atoms with van der Waals surface area (Å²) in [7, 11) is 1.62. The van der Waals surface area contributed by atoms with Crippen molar-refractivity contribution in [3.63, 3.8) is 0 Å². The van der Waals surface area contributed by atoms with Crippen LogP contribution in [0, 0.1) is 0 Å². The zero-order chi connectivity index (χ0) is 14.2. The number of hydrazine groups is 1. The van der Waals surface area contributed by atoms with Gasteiger partial charge < -0.3 is 9.47 Å². The van der Waals surface area contributed by atoms with E-state index in [1.807, 2.05) is 36.4 Å². The van der Waals surface area contributed by atoms with Gasteiger partial charge in [0, 0.05) is 12.6 Å². The Kier molecular flexibility index (Phi) is 5.34. The third-order valence-electron chi connectivity index (χ3n) is 2.99. The molecule has 5 nitrogen and oxygen atoms in total. The van der Waals surface area contributed by atoms with E-state index in [0.29, 0.717) is 12.4 Å². The summed E-state index contributed by atoms with van der Waals surface area (Å²) in [5.74, 6) is 7.17. The summed E-state index contributed by atoms with van der Waals surface area (Å²) in [6, 6.07) is 11.6. The maximum atomic E-state index is 5.67. The van der Waals surface area contributed by atoms with Gasteiger partial charge in [-0.3, -0.25) is 16.3 Å². The topological polar surface area (TPSA) is 69.4 Å². The molecule has 5 heteroatoms. The van der Waals surface area contributed by atoms with Crippen molar-refractivity contribution in [2.75, 3.05) is 13.7 Å². The molecule has 0 aliphatic heterocycles. The van der Waals surface area contributed by atoms with E-state index in [1.165, 1.54) is 0 Å². The van der Waals surface area contributed by atoms with E-state index in [9.17, 15) is 0 Å². The molecule has 0 bridgehead atoms. The lowest BCUT2D eigenvalue weighted by Crippen LogP contribution is -2.29. The highest BCUT2D eigenvalue weighted by Gasteiger charge is 2.11. The molecule has 0 radical (unpaired) electrons. The van der Waals surface area contributed by atoms with Crippen LogP contribution in [0.25, 0.3) is 0 Å². The smallest absolute Gasteiger partial charge is 0.137 e. The third-order valence-corrected chi connectivity index (χ3v) is 2.99. The fourth-order valence-corrected chi connectivity index (χ4v) is 1.90. The van der Waals surface area contributed by atoms with Crippen LogP contribution in [-0.4, -0.2) is 18.7 Å². The predicted molar refractivity (Wildman–Crippen MR) is 77.4 cm³/mol. The van der Waals surface area contributed by atoms with Crippen LogP contribution in [0.3, 0.4) is 0 Å². The first kappa shape index (κ1) is 14.3. The van der Waals surface area contributed by atoms with E-state index in [1.54, 1.807) is 19.5 Å². The Morgan fingerprint density at radius 3 is 2.70 bits per heavy atom. The Labute approximate surface area is 118 Å². The van der Waals surface area contributed by atoms with Crippen molar-refractivity contribution in [2.45, 2.75) is 12.5 Å². The minimum Gasteiger partial charge on any atom is -0.495 e. The number of aromatic nitrogens is 1. The highest BCUT2D eigenvalue weighted by molar-refractivity contribution is 5.26. The van der Waals surface area contributed by atoms with Crippen LogP contribution in [0.5, 0.6) is 11.5 Å². The molecule has 2 aromatic rings. The normalized spacial score (nSPS) is 11.9. The first-order chi connectivity index (χ1) is 9.83. The zero-order valence-corrected chi connectivity index (χ0v) is 11.5. The number of para-hydroxylation sites is 1. The van der Waals surface area contributed by atoms with Gasteiger partial charge in [-0.1, -0.05) is 18.2 Å². The molecule has 106 valence electrons. The first-order valence-electron chi connectivity index (χ1n) is 6.46. The van der Waals surface area contributed by atoms with Gasteiger partial charge in [-0.2, -0.15) is 0 Å². The number of benzene rings is 1. The van der Waals surface area contributed by atoms with Gasteiger partial charge in [-0.15, -0.1) is 0 Å². The lowest BCUT2D eigenvalue weighted by Gasteiger charge is -2.17. The Morgan fingerprint density at radius 1 is 1.20 bits per heavy atom. The number of nitrogens with zero attached hydrogens (tertiary/aromatic N) is 1. The minimum atomic E-state index is -0.0266. The van der Waals surface area contributed by atoms with Crippen molar-refractivity contribution in [1.82, 2.24) is 10.4 Å². The van der Waals surface area contributed by atoms with Crippen molar-refractivity contribution in [2.24, 2.45) is 5.84 Å². The van der Waals surface area contributed by atoms with Crippen LogP contribution in [0.1, 0.15) is 18.0 Å². The Balaban J connectivity index is 1.91. The second kappa shape index (κ2) is 7.47. The number of nitrogens with one attached hydrogen (secondary N) is 1. The Bertz CT molecular complexity index is 520. The Morgan fingerprint density at radius 2 is 2.00 bits per heavy atom. The van der Waals surface area contributed by atoms with Crippen molar-refractivity contribution >= 4 is 0 Å². The number of methoxy groups -OCH3 is 1. The van der Waals surface area contributed by atoms with Crippen LogP contribution < -0.4 is 20.7 Å². The van der Waals surface area contributed by atoms with Crippen LogP contribution in [0.2, 0.25) is 0 Å². The molecule has 0 aliphatic carbocycles. The van der Waals surface area contributed by atoms with Crippen molar-refractivity contribution in [3.8, 4) is 11.5 Å². The molecule has 20 heavy (non-hydrogen) atoms. The van der Waals surface area contributed by atoms with E-state index in [2.05, 4.69) is 10.4 Å². The molecule has 0 amide bonds. The molecule has 2 rings (SSSR count). The maximum Gasteiger partial charge on any atom is 0.137 e. The molecule has 0 fully saturated rings. The molecule has 0 saturated heterocycles. The number of hydrogen-bond acceptors (Lipinski definition) is 5. The van der Waals surface area contributed by atoms with Gasteiger partial charge in [-0.05, 0) is 23.8 Å². The van der Waals surface area contributed by atoms with Gasteiger partial charge in [0.15, 0.2) is 0 Å². The minimum absolute atomic E-state index is 0.0266. The summed E-state index contributed by atoms with van der Waals surface area (Å²) in [6.07, 6.45) is 4.17. The fourth-order valence-electron chi connectivity index (χ4n) is 1.90. The molecule has 1 atom stereocenters. The molecule has 0 spiro atoms. The molecule has 0 aliphatic rings. The number of hydrogen-bond donors (Lipinski definition) is 2. The van der Waals surface area contributed by atoms with Crippen molar-refractivity contribution in [3.05, 3.63) is 54.4 Å². The molecule has 3 N–H and O–H groups in total. The van der Waals surface area contributed by atoms with Crippen LogP contribution in [-0.2, 0) is 0 Å². The zero-order valence-electron chi connectivity index (χ0n) is 11.5. The van der Waals surface area contributed by atoms with E-state index in [-0.39, 0.29) is 6.04 Å². The van der Waals surface area contributed by atoms with Crippen molar-refractivity contribution < 1.29 is 9.47 Å². The molecule has 1 heterocycles. The highest BCUT2D eigenvalue weighted by Crippen LogP contribution is 2.20. The number of nitrogens with two attached hydrogens (primary N) is 1. The van der Waals surface area contributed by atoms with Crippen molar-refractivity contribution in [1.29, 1.82) is 0 Å². The third kappa shape index (κ3) is 3.94. The standard InChI is InChI=1S/C15H19N3O2/c1-19-14-9-12(10-17-11-14)15(18-16)7-8-20-13-5-3-2-4-6-13/h2-6,9-11,15,18H,7-8,16H2,1H3. The largest absolute Gasteiger partial charge is 0.495 e. The lowest BCUT2D eigenvalue weighted by molar-refractivity contribution is 0.286. The van der Waals surface area contributed by atoms with E-state index >= 15 is 0 Å². The summed E-state index contributed by atoms with van der Waals surface area (Å²) in [5.41, 5.74) is 3.76. The number of rotatable bonds is 7. The first-order valence-corrected chi connectivity index (χ1v) is 6.46. The van der Waals surface area contributed by atoms with E-state index in [0.717, 1.165) is 17.7 Å². The quantitative estimate of drug-likeness (QED) is 0.597. The molecular weight excluding hydrogens is 254 g/mol. The van der Waals surface area contributed by atoms with E-state index < -0.39 is 0 Å². The van der Waals surface area contributed by atoms with Crippen LogP contribution >= 0.6 is 0 Å². The van der Waals surface area contributed by atoms with Gasteiger partial charge in [0.1, 0.15) is 11.5 Å². The SMILES string of the molecule is COc1cncc(C(CCOc2ccccc2)NN)c1. The lowest BCUT2D eigenvalue weighted by atomic mass is 10.1. The molecule has 1 unspecified atom stereocenters. The summed E-state index contributed by atoms with van der Waals surface area (Å²) < 4.78 is 10.8. The monoisotopic (exact) mass is 273 g/mol. The number of ether oxygens (including phenoxy) is 2. The van der Waals surface area contributed by atoms with Crippen LogP contribution in [0.4, 0.5) is 0 Å². The molecule has 1 aromatic heterocycles. The second-order valence-electron chi connectivity index (χ2n) is 4.33. The number of pyridine rings is 1. The van der Waals surface area contributed by atoms with Gasteiger partial charge in [0.2, 0.25) is 0 Å². The molecule has 0 saturated carbocycles.